The van der Waals surface area contributed by atoms with Crippen LogP contribution in [0.4, 0.5) is 0 Å². The molecule has 0 aromatic heterocycles. The molecule has 0 aromatic rings. The maximum Gasteiger partial charge on any atom is 0.0609 e. The second kappa shape index (κ2) is 2.35. The van der Waals surface area contributed by atoms with Gasteiger partial charge in [-0.2, -0.15) is 0 Å². The van der Waals surface area contributed by atoms with Gasteiger partial charge in [0, 0.05) is 5.92 Å². The first-order valence-electron chi connectivity index (χ1n) is 4.87. The predicted molar refractivity (Wildman–Crippen MR) is 49.8 cm³/mol. The van der Waals surface area contributed by atoms with Gasteiger partial charge in [-0.25, -0.2) is 0 Å². The lowest BCUT2D eigenvalue weighted by Gasteiger charge is -2.49. The molecule has 3 rings (SSSR count). The van der Waals surface area contributed by atoms with Crippen molar-refractivity contribution in [2.75, 3.05) is 0 Å². The Hall–Kier alpha value is -0.300. The molecular weight excluding hydrogens is 148 g/mol. The van der Waals surface area contributed by atoms with Crippen molar-refractivity contribution in [3.63, 3.8) is 0 Å². The molecule has 1 nitrogen and oxygen atoms in total. The highest BCUT2D eigenvalue weighted by Crippen LogP contribution is 2.51. The average Bonchev–Trinajstić information content (AvgIpc) is 1.92. The third-order valence-corrected chi connectivity index (χ3v) is 3.70. The number of fused-ring (bicyclic) bond motifs is 2. The number of aliphatic hydroxyl groups excluding tert-OH is 1. The van der Waals surface area contributed by atoms with E-state index in [2.05, 4.69) is 26.8 Å². The lowest BCUT2D eigenvalue weighted by molar-refractivity contribution is -0.00341. The van der Waals surface area contributed by atoms with Crippen molar-refractivity contribution in [2.24, 2.45) is 17.3 Å². The van der Waals surface area contributed by atoms with Gasteiger partial charge in [-0.05, 0) is 31.1 Å². The van der Waals surface area contributed by atoms with E-state index < -0.39 is 0 Å². The monoisotopic (exact) mass is 166 g/mol. The second-order valence-electron chi connectivity index (χ2n) is 5.12. The molecule has 0 heterocycles. The largest absolute Gasteiger partial charge is 0.392 e. The van der Waals surface area contributed by atoms with Crippen molar-refractivity contribution >= 4 is 0 Å². The lowest BCUT2D eigenvalue weighted by atomic mass is 9.57. The van der Waals surface area contributed by atoms with E-state index in [1.165, 1.54) is 5.57 Å². The zero-order valence-corrected chi connectivity index (χ0v) is 8.17. The highest BCUT2D eigenvalue weighted by Gasteiger charge is 2.44. The summed E-state index contributed by atoms with van der Waals surface area (Å²) in [5, 5.41) is 9.70. The molecule has 0 amide bonds. The van der Waals surface area contributed by atoms with Crippen molar-refractivity contribution in [1.29, 1.82) is 0 Å². The van der Waals surface area contributed by atoms with E-state index in [0.717, 1.165) is 12.8 Å². The van der Waals surface area contributed by atoms with Crippen molar-refractivity contribution in [1.82, 2.24) is 0 Å². The topological polar surface area (TPSA) is 20.2 Å². The molecule has 3 aliphatic rings. The standard InChI is InChI=1S/C11H18O/c1-7-4-8-6-11(2,3)9(7)5-10(8)12/h4,8-10,12H,5-6H2,1-3H3/t8-,9+,10+/m1/s1. The van der Waals surface area contributed by atoms with Gasteiger partial charge in [0.25, 0.3) is 0 Å². The van der Waals surface area contributed by atoms with Crippen LogP contribution in [0.25, 0.3) is 0 Å². The molecule has 1 fully saturated rings. The minimum absolute atomic E-state index is 0.0632. The molecule has 1 heteroatoms. The maximum atomic E-state index is 9.70. The van der Waals surface area contributed by atoms with E-state index in [0.29, 0.717) is 17.3 Å². The second-order valence-corrected chi connectivity index (χ2v) is 5.12. The number of hydrogen-bond donors (Lipinski definition) is 1. The molecular formula is C11H18O. The average molecular weight is 166 g/mol. The van der Waals surface area contributed by atoms with Crippen LogP contribution < -0.4 is 0 Å². The predicted octanol–water partition coefficient (Wildman–Crippen LogP) is 2.36. The molecule has 0 spiro atoms. The van der Waals surface area contributed by atoms with Crippen molar-refractivity contribution in [3.05, 3.63) is 11.6 Å². The summed E-state index contributed by atoms with van der Waals surface area (Å²) in [6.07, 6.45) is 4.37. The zero-order chi connectivity index (χ0) is 8.93. The fourth-order valence-corrected chi connectivity index (χ4v) is 3.05. The van der Waals surface area contributed by atoms with Gasteiger partial charge >= 0.3 is 0 Å². The third-order valence-electron chi connectivity index (χ3n) is 3.70. The van der Waals surface area contributed by atoms with Gasteiger partial charge in [-0.15, -0.1) is 0 Å². The fourth-order valence-electron chi connectivity index (χ4n) is 3.05. The Morgan fingerprint density at radius 1 is 1.50 bits per heavy atom. The third kappa shape index (κ3) is 1.03. The van der Waals surface area contributed by atoms with E-state index in [4.69, 9.17) is 0 Å². The lowest BCUT2D eigenvalue weighted by Crippen LogP contribution is -2.44. The Bertz CT molecular complexity index is 227. The molecule has 0 aliphatic heterocycles. The van der Waals surface area contributed by atoms with Crippen LogP contribution in [0.5, 0.6) is 0 Å². The summed E-state index contributed by atoms with van der Waals surface area (Å²) in [5.41, 5.74) is 1.92. The summed E-state index contributed by atoms with van der Waals surface area (Å²) < 4.78 is 0. The SMILES string of the molecule is CC1=C[C@@H]2CC(C)(C)[C@H]1C[C@@H]2O. The molecule has 0 aromatic carbocycles. The number of allylic oxidation sites excluding steroid dienone is 1. The molecule has 3 aliphatic carbocycles. The summed E-state index contributed by atoms with van der Waals surface area (Å²) in [4.78, 5) is 0. The minimum Gasteiger partial charge on any atom is -0.392 e. The molecule has 0 unspecified atom stereocenters. The molecule has 1 N–H and O–H groups in total. The normalized spacial score (nSPS) is 44.3. The van der Waals surface area contributed by atoms with E-state index in [1.54, 1.807) is 0 Å². The van der Waals surface area contributed by atoms with E-state index in [-0.39, 0.29) is 6.10 Å². The van der Waals surface area contributed by atoms with Gasteiger partial charge < -0.3 is 5.11 Å². The fraction of sp³-hybridized carbons (Fsp3) is 0.818. The smallest absolute Gasteiger partial charge is 0.0609 e. The van der Waals surface area contributed by atoms with E-state index in [9.17, 15) is 5.11 Å². The first-order valence-corrected chi connectivity index (χ1v) is 4.87. The molecule has 1 saturated carbocycles. The summed E-state index contributed by atoms with van der Waals surface area (Å²) in [5.74, 6) is 1.06. The van der Waals surface area contributed by atoms with Crippen LogP contribution in [0.3, 0.4) is 0 Å². The Morgan fingerprint density at radius 3 is 2.58 bits per heavy atom. The van der Waals surface area contributed by atoms with Crippen LogP contribution in [0.2, 0.25) is 0 Å². The van der Waals surface area contributed by atoms with Gasteiger partial charge in [0.2, 0.25) is 0 Å². The molecule has 0 radical (unpaired) electrons. The zero-order valence-electron chi connectivity index (χ0n) is 8.17. The molecule has 3 atom stereocenters. The molecule has 0 saturated heterocycles. The first kappa shape index (κ1) is 8.31. The van der Waals surface area contributed by atoms with E-state index in [1.807, 2.05) is 0 Å². The van der Waals surface area contributed by atoms with Gasteiger partial charge in [0.15, 0.2) is 0 Å². The van der Waals surface area contributed by atoms with Crippen LogP contribution in [-0.2, 0) is 0 Å². The van der Waals surface area contributed by atoms with Gasteiger partial charge in [0.05, 0.1) is 6.10 Å². The summed E-state index contributed by atoms with van der Waals surface area (Å²) in [6, 6.07) is 0. The van der Waals surface area contributed by atoms with Crippen LogP contribution in [0.1, 0.15) is 33.6 Å². The summed E-state index contributed by atoms with van der Waals surface area (Å²) >= 11 is 0. The van der Waals surface area contributed by atoms with Crippen LogP contribution in [0, 0.1) is 17.3 Å². The number of hydrogen-bond acceptors (Lipinski definition) is 1. The van der Waals surface area contributed by atoms with Crippen molar-refractivity contribution in [3.8, 4) is 0 Å². The first-order chi connectivity index (χ1) is 5.50. The van der Waals surface area contributed by atoms with Crippen LogP contribution in [0.15, 0.2) is 11.6 Å². The Kier molecular flexibility index (Phi) is 1.63. The van der Waals surface area contributed by atoms with Crippen molar-refractivity contribution < 1.29 is 5.11 Å². The van der Waals surface area contributed by atoms with Crippen LogP contribution >= 0.6 is 0 Å². The highest BCUT2D eigenvalue weighted by molar-refractivity contribution is 5.20. The van der Waals surface area contributed by atoms with Crippen molar-refractivity contribution in [2.45, 2.75) is 39.7 Å². The Morgan fingerprint density at radius 2 is 2.17 bits per heavy atom. The van der Waals surface area contributed by atoms with E-state index >= 15 is 0 Å². The molecule has 12 heavy (non-hydrogen) atoms. The summed E-state index contributed by atoms with van der Waals surface area (Å²) in [7, 11) is 0. The number of aliphatic hydroxyl groups is 1. The quantitative estimate of drug-likeness (QED) is 0.548. The molecule has 2 bridgehead atoms. The van der Waals surface area contributed by atoms with Gasteiger partial charge in [-0.1, -0.05) is 25.5 Å². The maximum absolute atomic E-state index is 9.70. The van der Waals surface area contributed by atoms with Gasteiger partial charge in [0.1, 0.15) is 0 Å². The Balaban J connectivity index is 2.34. The van der Waals surface area contributed by atoms with Crippen LogP contribution in [-0.4, -0.2) is 11.2 Å². The minimum atomic E-state index is -0.0632. The summed E-state index contributed by atoms with van der Waals surface area (Å²) in [6.45, 7) is 6.87. The number of rotatable bonds is 0. The Labute approximate surface area is 74.5 Å². The van der Waals surface area contributed by atoms with Gasteiger partial charge in [-0.3, -0.25) is 0 Å². The highest BCUT2D eigenvalue weighted by atomic mass is 16.3. The molecule has 68 valence electrons.